The van der Waals surface area contributed by atoms with E-state index in [4.69, 9.17) is 10.5 Å². The quantitative estimate of drug-likeness (QED) is 0.942. The van der Waals surface area contributed by atoms with Crippen LogP contribution < -0.4 is 5.73 Å². The van der Waals surface area contributed by atoms with Gasteiger partial charge in [0.1, 0.15) is 0 Å². The van der Waals surface area contributed by atoms with Crippen LogP contribution >= 0.6 is 0 Å². The molecule has 2 N–H and O–H groups in total. The van der Waals surface area contributed by atoms with E-state index in [-0.39, 0.29) is 11.6 Å². The van der Waals surface area contributed by atoms with Crippen molar-refractivity contribution in [3.63, 3.8) is 0 Å². The van der Waals surface area contributed by atoms with Gasteiger partial charge in [-0.15, -0.1) is 0 Å². The van der Waals surface area contributed by atoms with Gasteiger partial charge in [0.05, 0.1) is 13.2 Å². The molecule has 112 valence electrons. The average Bonchev–Trinajstić information content (AvgIpc) is 2.49. The molecule has 1 saturated heterocycles. The van der Waals surface area contributed by atoms with E-state index in [0.717, 1.165) is 19.8 Å². The molecule has 0 saturated carbocycles. The fraction of sp³-hybridized carbons (Fsp3) is 0.444. The second-order valence-corrected chi connectivity index (χ2v) is 6.42. The third-order valence-corrected chi connectivity index (χ3v) is 4.47. The standard InChI is InChI=1S/C18H24N2O/c1-18(2)13-21-10-9-20(18)17(12-19)16-8-7-14-5-3-4-6-15(14)11-16/h3-8,11,17H,9-10,12-13,19H2,1-2H3. The van der Waals surface area contributed by atoms with Crippen LogP contribution in [0.4, 0.5) is 0 Å². The van der Waals surface area contributed by atoms with E-state index < -0.39 is 0 Å². The highest BCUT2D eigenvalue weighted by molar-refractivity contribution is 5.83. The van der Waals surface area contributed by atoms with Gasteiger partial charge in [-0.3, -0.25) is 4.90 Å². The summed E-state index contributed by atoms with van der Waals surface area (Å²) in [6, 6.07) is 15.4. The molecule has 0 aromatic heterocycles. The van der Waals surface area contributed by atoms with Crippen molar-refractivity contribution >= 4 is 10.8 Å². The van der Waals surface area contributed by atoms with Crippen molar-refractivity contribution in [2.24, 2.45) is 5.73 Å². The topological polar surface area (TPSA) is 38.5 Å². The zero-order valence-corrected chi connectivity index (χ0v) is 12.9. The molecule has 21 heavy (non-hydrogen) atoms. The maximum absolute atomic E-state index is 6.12. The molecule has 1 atom stereocenters. The maximum atomic E-state index is 6.12. The molecule has 2 aromatic rings. The van der Waals surface area contributed by atoms with Gasteiger partial charge >= 0.3 is 0 Å². The Kier molecular flexibility index (Phi) is 3.98. The van der Waals surface area contributed by atoms with Crippen LogP contribution in [0, 0.1) is 0 Å². The van der Waals surface area contributed by atoms with Crippen LogP contribution in [0.5, 0.6) is 0 Å². The first-order valence-corrected chi connectivity index (χ1v) is 7.65. The average molecular weight is 284 g/mol. The Bertz CT molecular complexity index is 623. The Balaban J connectivity index is 1.97. The van der Waals surface area contributed by atoms with Crippen LogP contribution in [0.3, 0.4) is 0 Å². The fourth-order valence-corrected chi connectivity index (χ4v) is 3.31. The van der Waals surface area contributed by atoms with Gasteiger partial charge in [0, 0.05) is 24.7 Å². The highest BCUT2D eigenvalue weighted by atomic mass is 16.5. The van der Waals surface area contributed by atoms with Gasteiger partial charge in [-0.25, -0.2) is 0 Å². The molecule has 2 aromatic carbocycles. The van der Waals surface area contributed by atoms with E-state index >= 15 is 0 Å². The lowest BCUT2D eigenvalue weighted by Crippen LogP contribution is -2.55. The molecule has 3 heteroatoms. The highest BCUT2D eigenvalue weighted by Gasteiger charge is 2.35. The molecule has 3 rings (SSSR count). The van der Waals surface area contributed by atoms with Crippen LogP contribution in [-0.2, 0) is 4.74 Å². The number of nitrogens with zero attached hydrogens (tertiary/aromatic N) is 1. The molecule has 0 bridgehead atoms. The van der Waals surface area contributed by atoms with E-state index in [9.17, 15) is 0 Å². The first kappa shape index (κ1) is 14.5. The van der Waals surface area contributed by atoms with E-state index in [1.165, 1.54) is 16.3 Å². The number of hydrogen-bond donors (Lipinski definition) is 1. The van der Waals surface area contributed by atoms with Gasteiger partial charge in [-0.1, -0.05) is 36.4 Å². The van der Waals surface area contributed by atoms with Crippen LogP contribution in [-0.4, -0.2) is 36.7 Å². The monoisotopic (exact) mass is 284 g/mol. The summed E-state index contributed by atoms with van der Waals surface area (Å²) in [4.78, 5) is 2.49. The van der Waals surface area contributed by atoms with Crippen molar-refractivity contribution in [2.75, 3.05) is 26.3 Å². The van der Waals surface area contributed by atoms with E-state index in [2.05, 4.69) is 61.2 Å². The summed E-state index contributed by atoms with van der Waals surface area (Å²) < 4.78 is 5.63. The lowest BCUT2D eigenvalue weighted by molar-refractivity contribution is -0.0712. The third kappa shape index (κ3) is 2.82. The molecule has 1 fully saturated rings. The minimum atomic E-state index is 0.0218. The summed E-state index contributed by atoms with van der Waals surface area (Å²) >= 11 is 0. The first-order chi connectivity index (χ1) is 10.1. The Morgan fingerprint density at radius 2 is 1.95 bits per heavy atom. The van der Waals surface area contributed by atoms with Gasteiger partial charge in [0.2, 0.25) is 0 Å². The summed E-state index contributed by atoms with van der Waals surface area (Å²) in [6.45, 7) is 7.57. The zero-order valence-electron chi connectivity index (χ0n) is 12.9. The van der Waals surface area contributed by atoms with Crippen molar-refractivity contribution in [1.29, 1.82) is 0 Å². The predicted molar refractivity (Wildman–Crippen MR) is 87.3 cm³/mol. The van der Waals surface area contributed by atoms with Gasteiger partial charge in [-0.05, 0) is 36.2 Å². The molecule has 0 radical (unpaired) electrons. The number of benzene rings is 2. The minimum absolute atomic E-state index is 0.0218. The van der Waals surface area contributed by atoms with Crippen molar-refractivity contribution in [3.8, 4) is 0 Å². The summed E-state index contributed by atoms with van der Waals surface area (Å²) in [5.41, 5.74) is 7.44. The van der Waals surface area contributed by atoms with Crippen molar-refractivity contribution < 1.29 is 4.74 Å². The Morgan fingerprint density at radius 1 is 1.19 bits per heavy atom. The molecule has 0 spiro atoms. The highest BCUT2D eigenvalue weighted by Crippen LogP contribution is 2.31. The molecular formula is C18H24N2O. The fourth-order valence-electron chi connectivity index (χ4n) is 3.31. The van der Waals surface area contributed by atoms with E-state index in [1.807, 2.05) is 0 Å². The molecule has 0 amide bonds. The molecule has 3 nitrogen and oxygen atoms in total. The van der Waals surface area contributed by atoms with Gasteiger partial charge in [0.25, 0.3) is 0 Å². The van der Waals surface area contributed by atoms with Crippen LogP contribution in [0.1, 0.15) is 25.5 Å². The van der Waals surface area contributed by atoms with Crippen molar-refractivity contribution in [1.82, 2.24) is 4.90 Å². The van der Waals surface area contributed by atoms with Crippen molar-refractivity contribution in [2.45, 2.75) is 25.4 Å². The molecular weight excluding hydrogens is 260 g/mol. The zero-order chi connectivity index (χ0) is 14.9. The number of nitrogens with two attached hydrogens (primary N) is 1. The Morgan fingerprint density at radius 3 is 2.67 bits per heavy atom. The number of fused-ring (bicyclic) bond motifs is 1. The summed E-state index contributed by atoms with van der Waals surface area (Å²) in [5, 5.41) is 2.55. The predicted octanol–water partition coefficient (Wildman–Crippen LogP) is 2.95. The third-order valence-electron chi connectivity index (χ3n) is 4.47. The largest absolute Gasteiger partial charge is 0.378 e. The van der Waals surface area contributed by atoms with Crippen molar-refractivity contribution in [3.05, 3.63) is 48.0 Å². The maximum Gasteiger partial charge on any atom is 0.0645 e. The smallest absolute Gasteiger partial charge is 0.0645 e. The molecule has 0 aliphatic carbocycles. The van der Waals surface area contributed by atoms with Crippen LogP contribution in [0.25, 0.3) is 10.8 Å². The SMILES string of the molecule is CC1(C)COCCN1C(CN)c1ccc2ccccc2c1. The van der Waals surface area contributed by atoms with Gasteiger partial charge in [-0.2, -0.15) is 0 Å². The second kappa shape index (κ2) is 5.76. The Labute approximate surface area is 126 Å². The van der Waals surface area contributed by atoms with E-state index in [0.29, 0.717) is 6.54 Å². The summed E-state index contributed by atoms with van der Waals surface area (Å²) in [5.74, 6) is 0. The van der Waals surface area contributed by atoms with Crippen LogP contribution in [0.2, 0.25) is 0 Å². The Hall–Kier alpha value is -1.42. The molecule has 1 aliphatic heterocycles. The summed E-state index contributed by atoms with van der Waals surface area (Å²) in [7, 11) is 0. The summed E-state index contributed by atoms with van der Waals surface area (Å²) in [6.07, 6.45) is 0. The van der Waals surface area contributed by atoms with Gasteiger partial charge in [0.15, 0.2) is 0 Å². The minimum Gasteiger partial charge on any atom is -0.378 e. The normalized spacial score (nSPS) is 20.5. The second-order valence-electron chi connectivity index (χ2n) is 6.42. The molecule has 1 aliphatic rings. The number of ether oxygens (including phenoxy) is 1. The molecule has 1 heterocycles. The van der Waals surface area contributed by atoms with Gasteiger partial charge < -0.3 is 10.5 Å². The molecule has 1 unspecified atom stereocenters. The van der Waals surface area contributed by atoms with Crippen LogP contribution in [0.15, 0.2) is 42.5 Å². The lowest BCUT2D eigenvalue weighted by atomic mass is 9.94. The first-order valence-electron chi connectivity index (χ1n) is 7.65. The lowest BCUT2D eigenvalue weighted by Gasteiger charge is -2.46. The van der Waals surface area contributed by atoms with E-state index in [1.54, 1.807) is 0 Å². The number of hydrogen-bond acceptors (Lipinski definition) is 3. The number of morpholine rings is 1. The number of rotatable bonds is 3.